The Bertz CT molecular complexity index is 438. The second-order valence-electron chi connectivity index (χ2n) is 3.96. The summed E-state index contributed by atoms with van der Waals surface area (Å²) >= 11 is 0. The van der Waals surface area contributed by atoms with Gasteiger partial charge < -0.3 is 5.11 Å². The number of hydrogen-bond donors (Lipinski definition) is 1. The molecular formula is C13H13F3O2. The van der Waals surface area contributed by atoms with Gasteiger partial charge in [0.2, 0.25) is 0 Å². The van der Waals surface area contributed by atoms with Crippen LogP contribution in [0.15, 0.2) is 36.9 Å². The second kappa shape index (κ2) is 5.71. The molecule has 0 fully saturated rings. The Morgan fingerprint density at radius 2 is 2.11 bits per heavy atom. The molecule has 0 aliphatic heterocycles. The molecule has 98 valence electrons. The molecule has 0 bridgehead atoms. The lowest BCUT2D eigenvalue weighted by atomic mass is 9.95. The fraction of sp³-hybridized carbons (Fsp3) is 0.308. The predicted octanol–water partition coefficient (Wildman–Crippen LogP) is 3.52. The van der Waals surface area contributed by atoms with E-state index < -0.39 is 23.6 Å². The molecule has 0 heterocycles. The topological polar surface area (TPSA) is 37.3 Å². The fourth-order valence-corrected chi connectivity index (χ4v) is 1.63. The summed E-state index contributed by atoms with van der Waals surface area (Å²) in [5.41, 5.74) is -0.401. The zero-order valence-electron chi connectivity index (χ0n) is 9.57. The fourth-order valence-electron chi connectivity index (χ4n) is 1.63. The van der Waals surface area contributed by atoms with Crippen molar-refractivity contribution in [3.05, 3.63) is 48.0 Å². The van der Waals surface area contributed by atoms with Crippen LogP contribution in [0.1, 0.15) is 17.5 Å². The third kappa shape index (κ3) is 3.91. The molecular weight excluding hydrogens is 245 g/mol. The third-order valence-electron chi connectivity index (χ3n) is 2.54. The number of rotatable bonds is 5. The van der Waals surface area contributed by atoms with Gasteiger partial charge in [0, 0.05) is 0 Å². The van der Waals surface area contributed by atoms with Gasteiger partial charge in [-0.25, -0.2) is 0 Å². The van der Waals surface area contributed by atoms with Crippen molar-refractivity contribution in [1.29, 1.82) is 0 Å². The van der Waals surface area contributed by atoms with Gasteiger partial charge >= 0.3 is 12.1 Å². The van der Waals surface area contributed by atoms with E-state index >= 15 is 0 Å². The maximum absolute atomic E-state index is 12.5. The van der Waals surface area contributed by atoms with E-state index in [-0.39, 0.29) is 12.8 Å². The van der Waals surface area contributed by atoms with Gasteiger partial charge in [-0.1, -0.05) is 24.3 Å². The largest absolute Gasteiger partial charge is 0.481 e. The molecule has 0 aromatic heterocycles. The average Bonchev–Trinajstić information content (AvgIpc) is 2.27. The quantitative estimate of drug-likeness (QED) is 0.820. The Balaban J connectivity index is 2.90. The number of benzene rings is 1. The van der Waals surface area contributed by atoms with Crippen LogP contribution >= 0.6 is 0 Å². The number of aliphatic carboxylic acids is 1. The first-order chi connectivity index (χ1) is 8.34. The average molecular weight is 258 g/mol. The van der Waals surface area contributed by atoms with Crippen LogP contribution in [-0.4, -0.2) is 11.1 Å². The van der Waals surface area contributed by atoms with Gasteiger partial charge in [0.15, 0.2) is 0 Å². The number of hydrogen-bond acceptors (Lipinski definition) is 1. The lowest BCUT2D eigenvalue weighted by Gasteiger charge is -2.12. The van der Waals surface area contributed by atoms with Crippen molar-refractivity contribution in [2.45, 2.75) is 19.0 Å². The van der Waals surface area contributed by atoms with Crippen molar-refractivity contribution in [3.63, 3.8) is 0 Å². The highest BCUT2D eigenvalue weighted by Gasteiger charge is 2.30. The first kappa shape index (κ1) is 14.3. The summed E-state index contributed by atoms with van der Waals surface area (Å²) in [5, 5.41) is 8.92. The summed E-state index contributed by atoms with van der Waals surface area (Å²) in [4.78, 5) is 10.9. The molecule has 5 heteroatoms. The van der Waals surface area contributed by atoms with Gasteiger partial charge in [-0.2, -0.15) is 13.2 Å². The molecule has 0 aliphatic carbocycles. The Labute approximate surface area is 103 Å². The second-order valence-corrected chi connectivity index (χ2v) is 3.96. The molecule has 0 amide bonds. The van der Waals surface area contributed by atoms with Crippen LogP contribution in [0.3, 0.4) is 0 Å². The minimum atomic E-state index is -4.41. The molecule has 0 aliphatic rings. The van der Waals surface area contributed by atoms with Crippen molar-refractivity contribution in [2.75, 3.05) is 0 Å². The first-order valence-electron chi connectivity index (χ1n) is 5.34. The molecule has 1 N–H and O–H groups in total. The summed E-state index contributed by atoms with van der Waals surface area (Å²) < 4.78 is 37.4. The minimum Gasteiger partial charge on any atom is -0.481 e. The lowest BCUT2D eigenvalue weighted by Crippen LogP contribution is -2.16. The van der Waals surface area contributed by atoms with Gasteiger partial charge in [0.1, 0.15) is 0 Å². The van der Waals surface area contributed by atoms with E-state index in [1.54, 1.807) is 0 Å². The summed E-state index contributed by atoms with van der Waals surface area (Å²) in [5.74, 6) is -1.78. The zero-order chi connectivity index (χ0) is 13.8. The van der Waals surface area contributed by atoms with E-state index in [1.165, 1.54) is 18.2 Å². The SMILES string of the molecule is C=CC[C@@H](Cc1cccc(C(F)(F)F)c1)C(=O)O. The van der Waals surface area contributed by atoms with E-state index in [0.29, 0.717) is 5.56 Å². The molecule has 2 nitrogen and oxygen atoms in total. The summed E-state index contributed by atoms with van der Waals surface area (Å²) in [7, 11) is 0. The van der Waals surface area contributed by atoms with Crippen molar-refractivity contribution in [1.82, 2.24) is 0 Å². The molecule has 0 radical (unpaired) electrons. The number of carboxylic acid groups (broad SMARTS) is 1. The van der Waals surface area contributed by atoms with E-state index in [0.717, 1.165) is 12.1 Å². The molecule has 0 spiro atoms. The number of carboxylic acids is 1. The van der Waals surface area contributed by atoms with E-state index in [4.69, 9.17) is 5.11 Å². The van der Waals surface area contributed by atoms with Gasteiger partial charge in [0.05, 0.1) is 11.5 Å². The number of carbonyl (C=O) groups is 1. The van der Waals surface area contributed by atoms with Gasteiger partial charge in [-0.15, -0.1) is 6.58 Å². The Morgan fingerprint density at radius 1 is 1.44 bits per heavy atom. The van der Waals surface area contributed by atoms with Crippen LogP contribution in [0.4, 0.5) is 13.2 Å². The van der Waals surface area contributed by atoms with Gasteiger partial charge in [0.25, 0.3) is 0 Å². The number of alkyl halides is 3. The molecule has 1 aromatic carbocycles. The van der Waals surface area contributed by atoms with Crippen LogP contribution < -0.4 is 0 Å². The van der Waals surface area contributed by atoms with E-state index in [2.05, 4.69) is 6.58 Å². The van der Waals surface area contributed by atoms with E-state index in [1.807, 2.05) is 0 Å². The number of halogens is 3. The summed E-state index contributed by atoms with van der Waals surface area (Å²) in [6, 6.07) is 4.73. The van der Waals surface area contributed by atoms with Gasteiger partial charge in [-0.05, 0) is 24.5 Å². The molecule has 18 heavy (non-hydrogen) atoms. The lowest BCUT2D eigenvalue weighted by molar-refractivity contribution is -0.141. The van der Waals surface area contributed by atoms with Crippen LogP contribution in [0.5, 0.6) is 0 Å². The van der Waals surface area contributed by atoms with Crippen molar-refractivity contribution in [3.8, 4) is 0 Å². The standard InChI is InChI=1S/C13H13F3O2/c1-2-4-10(12(17)18)7-9-5-3-6-11(8-9)13(14,15)16/h2-3,5-6,8,10H,1,4,7H2,(H,17,18)/t10-/m0/s1. The predicted molar refractivity (Wildman–Crippen MR) is 61.1 cm³/mol. The maximum atomic E-state index is 12.5. The van der Waals surface area contributed by atoms with Crippen molar-refractivity contribution in [2.24, 2.45) is 5.92 Å². The molecule has 1 atom stereocenters. The van der Waals surface area contributed by atoms with Crippen LogP contribution in [-0.2, 0) is 17.4 Å². The highest BCUT2D eigenvalue weighted by atomic mass is 19.4. The smallest absolute Gasteiger partial charge is 0.416 e. The molecule has 1 aromatic rings. The number of allylic oxidation sites excluding steroid dienone is 1. The normalized spacial score (nSPS) is 13.1. The molecule has 0 saturated carbocycles. The first-order valence-corrected chi connectivity index (χ1v) is 5.34. The van der Waals surface area contributed by atoms with Crippen LogP contribution in [0, 0.1) is 5.92 Å². The van der Waals surface area contributed by atoms with Crippen LogP contribution in [0.2, 0.25) is 0 Å². The van der Waals surface area contributed by atoms with Crippen LogP contribution in [0.25, 0.3) is 0 Å². The highest BCUT2D eigenvalue weighted by molar-refractivity contribution is 5.70. The minimum absolute atomic E-state index is 0.0608. The molecule has 0 unspecified atom stereocenters. The summed E-state index contributed by atoms with van der Waals surface area (Å²) in [6.07, 6.45) is -2.67. The highest BCUT2D eigenvalue weighted by Crippen LogP contribution is 2.30. The Kier molecular flexibility index (Phi) is 4.53. The van der Waals surface area contributed by atoms with Crippen molar-refractivity contribution < 1.29 is 23.1 Å². The van der Waals surface area contributed by atoms with Gasteiger partial charge in [-0.3, -0.25) is 4.79 Å². The Morgan fingerprint density at radius 3 is 2.61 bits per heavy atom. The van der Waals surface area contributed by atoms with Crippen molar-refractivity contribution >= 4 is 5.97 Å². The molecule has 1 rings (SSSR count). The third-order valence-corrected chi connectivity index (χ3v) is 2.54. The maximum Gasteiger partial charge on any atom is 0.416 e. The molecule has 0 saturated heterocycles. The van der Waals surface area contributed by atoms with E-state index in [9.17, 15) is 18.0 Å². The zero-order valence-corrected chi connectivity index (χ0v) is 9.57. The monoisotopic (exact) mass is 258 g/mol. The summed E-state index contributed by atoms with van der Waals surface area (Å²) in [6.45, 7) is 3.44. The Hall–Kier alpha value is -1.78.